The second kappa shape index (κ2) is 12.0. The third kappa shape index (κ3) is 10.1. The summed E-state index contributed by atoms with van der Waals surface area (Å²) >= 11 is 0. The molecule has 0 amide bonds. The number of carbonyl (C=O) groups excluding carboxylic acids is 2. The van der Waals surface area contributed by atoms with Crippen LogP contribution in [0.1, 0.15) is 39.5 Å². The van der Waals surface area contributed by atoms with Gasteiger partial charge in [-0.25, -0.2) is 4.79 Å². The van der Waals surface area contributed by atoms with Crippen LogP contribution in [-0.4, -0.2) is 71.9 Å². The number of esters is 2. The van der Waals surface area contributed by atoms with E-state index in [0.29, 0.717) is 6.42 Å². The van der Waals surface area contributed by atoms with Gasteiger partial charge in [0.25, 0.3) is 10.1 Å². The maximum atomic E-state index is 11.7. The number of hydrogen-bond acceptors (Lipinski definition) is 6. The van der Waals surface area contributed by atoms with Crippen LogP contribution in [0.5, 0.6) is 0 Å². The summed E-state index contributed by atoms with van der Waals surface area (Å²) in [6, 6.07) is 0. The van der Waals surface area contributed by atoms with Crippen molar-refractivity contribution in [2.45, 2.75) is 57.0 Å². The number of rotatable bonds is 10. The summed E-state index contributed by atoms with van der Waals surface area (Å²) in [6.45, 7) is 9.80. The van der Waals surface area contributed by atoms with Gasteiger partial charge in [-0.15, -0.1) is 0 Å². The van der Waals surface area contributed by atoms with E-state index < -0.39 is 39.5 Å². The average molecular weight is 359 g/mol. The molecule has 0 aromatic rings. The van der Waals surface area contributed by atoms with Crippen LogP contribution < -0.4 is 0 Å². The van der Waals surface area contributed by atoms with Gasteiger partial charge in [-0.3, -0.25) is 9.35 Å². The van der Waals surface area contributed by atoms with Gasteiger partial charge in [0.1, 0.15) is 11.4 Å². The summed E-state index contributed by atoms with van der Waals surface area (Å²) < 4.78 is 41.4. The van der Waals surface area contributed by atoms with Crippen molar-refractivity contribution in [2.75, 3.05) is 0 Å². The maximum absolute atomic E-state index is 11.7. The predicted molar refractivity (Wildman–Crippen MR) is 87.6 cm³/mol. The monoisotopic (exact) mass is 359 g/mol. The summed E-state index contributed by atoms with van der Waals surface area (Å²) in [5, 5.41) is -1.67. The van der Waals surface area contributed by atoms with Crippen LogP contribution in [-0.2, 0) is 29.2 Å². The molecule has 0 aliphatic rings. The standard InChI is InChI=1S/C14H23O7S.Na.H/c1-5-7-8-9-13(16)21-14(11(4)22(17,18)19)10(3)20-12(15)6-2;;/h6,10-11,14H,2,4-5,7-9H2,1,3H3,(H,17,18,19);;. The number of ether oxygens (including phenoxy) is 2. The summed E-state index contributed by atoms with van der Waals surface area (Å²) in [5.41, 5.74) is 0. The first-order valence-corrected chi connectivity index (χ1v) is 8.45. The van der Waals surface area contributed by atoms with E-state index in [1.54, 1.807) is 0 Å². The van der Waals surface area contributed by atoms with Gasteiger partial charge in [-0.1, -0.05) is 26.3 Å². The molecule has 3 unspecified atom stereocenters. The van der Waals surface area contributed by atoms with Crippen molar-refractivity contribution in [2.24, 2.45) is 0 Å². The van der Waals surface area contributed by atoms with E-state index in [1.807, 2.05) is 6.92 Å². The molecule has 23 heavy (non-hydrogen) atoms. The first-order valence-electron chi connectivity index (χ1n) is 6.95. The van der Waals surface area contributed by atoms with Crippen LogP contribution in [0.2, 0.25) is 0 Å². The molecule has 0 saturated carbocycles. The van der Waals surface area contributed by atoms with Gasteiger partial charge in [0.2, 0.25) is 0 Å². The molecule has 0 aromatic heterocycles. The van der Waals surface area contributed by atoms with Crippen molar-refractivity contribution in [1.82, 2.24) is 0 Å². The molecule has 9 heteroatoms. The Kier molecular flexibility index (Phi) is 13.0. The van der Waals surface area contributed by atoms with Crippen LogP contribution in [0.15, 0.2) is 12.7 Å². The molecule has 1 N–H and O–H groups in total. The molecular formula is C14H24NaO7S. The Morgan fingerprint density at radius 1 is 1.26 bits per heavy atom. The predicted octanol–water partition coefficient (Wildman–Crippen LogP) is 1.04. The SMILES string of the molecule is [CH2]C(C(OC(=O)CCCCC)C(C)OC(=O)C=C)S(=O)(=O)O.[NaH]. The molecule has 0 rings (SSSR count). The molecular weight excluding hydrogens is 335 g/mol. The van der Waals surface area contributed by atoms with Gasteiger partial charge < -0.3 is 9.47 Å². The normalized spacial score (nSPS) is 14.8. The van der Waals surface area contributed by atoms with Gasteiger partial charge >= 0.3 is 41.5 Å². The summed E-state index contributed by atoms with van der Waals surface area (Å²) in [6.07, 6.45) is 0.807. The average Bonchev–Trinajstić information content (AvgIpc) is 2.42. The zero-order valence-corrected chi connectivity index (χ0v) is 13.7. The molecule has 0 fully saturated rings. The van der Waals surface area contributed by atoms with E-state index in [2.05, 4.69) is 13.5 Å². The molecule has 1 radical (unpaired) electrons. The molecule has 0 bridgehead atoms. The Labute approximate surface area is 159 Å². The van der Waals surface area contributed by atoms with Crippen molar-refractivity contribution in [3.63, 3.8) is 0 Å². The molecule has 0 heterocycles. The van der Waals surface area contributed by atoms with Gasteiger partial charge in [0.05, 0.1) is 0 Å². The minimum atomic E-state index is -4.57. The third-order valence-corrected chi connectivity index (χ3v) is 3.97. The fourth-order valence-corrected chi connectivity index (χ4v) is 2.29. The Hall–Kier alpha value is -0.410. The van der Waals surface area contributed by atoms with Crippen LogP contribution in [0.3, 0.4) is 0 Å². The van der Waals surface area contributed by atoms with Gasteiger partial charge in [0.15, 0.2) is 6.10 Å². The van der Waals surface area contributed by atoms with Crippen LogP contribution >= 0.6 is 0 Å². The van der Waals surface area contributed by atoms with E-state index in [4.69, 9.17) is 14.0 Å². The zero-order chi connectivity index (χ0) is 17.3. The first-order chi connectivity index (χ1) is 10.1. The van der Waals surface area contributed by atoms with E-state index in [1.165, 1.54) is 6.92 Å². The number of hydrogen-bond donors (Lipinski definition) is 1. The minimum absolute atomic E-state index is 0. The van der Waals surface area contributed by atoms with Crippen molar-refractivity contribution in [1.29, 1.82) is 0 Å². The number of carbonyl (C=O) groups is 2. The van der Waals surface area contributed by atoms with Crippen molar-refractivity contribution in [3.8, 4) is 0 Å². The topological polar surface area (TPSA) is 107 Å². The van der Waals surface area contributed by atoms with Crippen molar-refractivity contribution >= 4 is 51.6 Å². The van der Waals surface area contributed by atoms with Crippen LogP contribution in [0, 0.1) is 6.92 Å². The van der Waals surface area contributed by atoms with Crippen LogP contribution in [0.4, 0.5) is 0 Å². The Balaban J connectivity index is 0. The third-order valence-electron chi connectivity index (χ3n) is 2.93. The Morgan fingerprint density at radius 2 is 1.83 bits per heavy atom. The van der Waals surface area contributed by atoms with Gasteiger partial charge in [-0.2, -0.15) is 8.42 Å². The van der Waals surface area contributed by atoms with Gasteiger partial charge in [0, 0.05) is 12.5 Å². The van der Waals surface area contributed by atoms with E-state index in [0.717, 1.165) is 18.9 Å². The fourth-order valence-electron chi connectivity index (χ4n) is 1.67. The Morgan fingerprint density at radius 3 is 2.26 bits per heavy atom. The molecule has 0 aromatic carbocycles. The Bertz CT molecular complexity index is 489. The van der Waals surface area contributed by atoms with E-state index in [-0.39, 0.29) is 36.0 Å². The molecule has 3 atom stereocenters. The fraction of sp³-hybridized carbons (Fsp3) is 0.643. The summed E-state index contributed by atoms with van der Waals surface area (Å²) in [7, 11) is -4.57. The van der Waals surface area contributed by atoms with E-state index in [9.17, 15) is 18.0 Å². The molecule has 0 spiro atoms. The molecule has 0 aliphatic heterocycles. The first kappa shape index (κ1) is 24.8. The molecule has 129 valence electrons. The van der Waals surface area contributed by atoms with Gasteiger partial charge in [-0.05, 0) is 20.3 Å². The number of unbranched alkanes of at least 4 members (excludes halogenated alkanes) is 2. The second-order valence-corrected chi connectivity index (χ2v) is 6.45. The summed E-state index contributed by atoms with van der Waals surface area (Å²) in [5.74, 6) is -1.45. The quantitative estimate of drug-likeness (QED) is 0.204. The molecule has 7 nitrogen and oxygen atoms in total. The second-order valence-electron chi connectivity index (χ2n) is 4.81. The van der Waals surface area contributed by atoms with Crippen molar-refractivity contribution in [3.05, 3.63) is 19.6 Å². The molecule has 0 aliphatic carbocycles. The zero-order valence-electron chi connectivity index (χ0n) is 12.9. The molecule has 0 saturated heterocycles. The summed E-state index contributed by atoms with van der Waals surface area (Å²) in [4.78, 5) is 22.9. The van der Waals surface area contributed by atoms with Crippen molar-refractivity contribution < 1.29 is 32.0 Å². The van der Waals surface area contributed by atoms with Crippen LogP contribution in [0.25, 0.3) is 0 Å². The van der Waals surface area contributed by atoms with E-state index >= 15 is 0 Å².